The molecule has 0 spiro atoms. The number of carbonyl (C=O) groups is 1. The van der Waals surface area contributed by atoms with E-state index >= 15 is 0 Å². The molecule has 1 aliphatic heterocycles. The Bertz CT molecular complexity index is 667. The smallest absolute Gasteiger partial charge is 0.265 e. The van der Waals surface area contributed by atoms with Crippen molar-refractivity contribution >= 4 is 50.5 Å². The number of fused-ring (bicyclic) bond motifs is 1. The Morgan fingerprint density at radius 2 is 2.15 bits per heavy atom. The summed E-state index contributed by atoms with van der Waals surface area (Å²) in [5.74, 6) is 0.0551. The molecule has 2 aromatic rings. The minimum atomic E-state index is 0.0551. The van der Waals surface area contributed by atoms with Gasteiger partial charge in [-0.3, -0.25) is 4.79 Å². The SMILES string of the molecule is CC1CCCCN1C(=O)c1sc2cc(Cl)ccc2c1Cl. The number of carbonyl (C=O) groups excluding carboxylic acids is 1. The highest BCUT2D eigenvalue weighted by Gasteiger charge is 2.27. The Balaban J connectivity index is 2.01. The second kappa shape index (κ2) is 5.55. The Morgan fingerprint density at radius 3 is 2.90 bits per heavy atom. The van der Waals surface area contributed by atoms with Crippen LogP contribution in [0.25, 0.3) is 10.1 Å². The van der Waals surface area contributed by atoms with Gasteiger partial charge in [-0.1, -0.05) is 29.3 Å². The average molecular weight is 328 g/mol. The molecular weight excluding hydrogens is 313 g/mol. The maximum atomic E-state index is 12.7. The van der Waals surface area contributed by atoms with Gasteiger partial charge in [0, 0.05) is 27.7 Å². The molecule has 1 aromatic heterocycles. The number of amides is 1. The molecule has 2 nitrogen and oxygen atoms in total. The molecule has 3 rings (SSSR count). The van der Waals surface area contributed by atoms with Crippen LogP contribution < -0.4 is 0 Å². The van der Waals surface area contributed by atoms with E-state index in [-0.39, 0.29) is 5.91 Å². The second-order valence-corrected chi connectivity index (χ2v) is 7.10. The van der Waals surface area contributed by atoms with Crippen molar-refractivity contribution in [3.63, 3.8) is 0 Å². The van der Waals surface area contributed by atoms with Gasteiger partial charge in [-0.15, -0.1) is 11.3 Å². The largest absolute Gasteiger partial charge is 0.335 e. The molecule has 0 saturated carbocycles. The molecule has 1 fully saturated rings. The molecule has 2 heterocycles. The van der Waals surface area contributed by atoms with E-state index in [0.717, 1.165) is 29.5 Å². The van der Waals surface area contributed by atoms with E-state index in [4.69, 9.17) is 23.2 Å². The lowest BCUT2D eigenvalue weighted by Gasteiger charge is -2.33. The number of piperidine rings is 1. The van der Waals surface area contributed by atoms with Gasteiger partial charge in [0.1, 0.15) is 4.88 Å². The van der Waals surface area contributed by atoms with E-state index in [1.54, 1.807) is 6.07 Å². The molecule has 1 saturated heterocycles. The first-order valence-electron chi connectivity index (χ1n) is 6.76. The highest BCUT2D eigenvalue weighted by molar-refractivity contribution is 7.21. The molecule has 1 atom stereocenters. The van der Waals surface area contributed by atoms with Gasteiger partial charge in [0.2, 0.25) is 0 Å². The summed E-state index contributed by atoms with van der Waals surface area (Å²) in [5.41, 5.74) is 0. The van der Waals surface area contributed by atoms with Crippen molar-refractivity contribution in [2.45, 2.75) is 32.2 Å². The maximum Gasteiger partial charge on any atom is 0.265 e. The third-order valence-corrected chi connectivity index (χ3v) is 5.73. The second-order valence-electron chi connectivity index (χ2n) is 5.23. The number of rotatable bonds is 1. The van der Waals surface area contributed by atoms with Gasteiger partial charge in [0.25, 0.3) is 5.91 Å². The Morgan fingerprint density at radius 1 is 1.35 bits per heavy atom. The molecule has 20 heavy (non-hydrogen) atoms. The third kappa shape index (κ3) is 2.43. The topological polar surface area (TPSA) is 20.3 Å². The fourth-order valence-corrected chi connectivity index (χ4v) is 4.45. The van der Waals surface area contributed by atoms with Crippen LogP contribution in [-0.4, -0.2) is 23.4 Å². The fraction of sp³-hybridized carbons (Fsp3) is 0.400. The quantitative estimate of drug-likeness (QED) is 0.702. The van der Waals surface area contributed by atoms with Gasteiger partial charge in [-0.25, -0.2) is 0 Å². The highest BCUT2D eigenvalue weighted by atomic mass is 35.5. The normalized spacial score (nSPS) is 19.6. The first-order valence-corrected chi connectivity index (χ1v) is 8.33. The van der Waals surface area contributed by atoms with Crippen LogP contribution in [0.2, 0.25) is 10.0 Å². The summed E-state index contributed by atoms with van der Waals surface area (Å²) in [6.45, 7) is 2.93. The van der Waals surface area contributed by atoms with Crippen LogP contribution >= 0.6 is 34.5 Å². The monoisotopic (exact) mass is 327 g/mol. The van der Waals surface area contributed by atoms with Crippen molar-refractivity contribution < 1.29 is 4.79 Å². The number of thiophene rings is 1. The number of benzene rings is 1. The van der Waals surface area contributed by atoms with Gasteiger partial charge in [-0.2, -0.15) is 0 Å². The third-order valence-electron chi connectivity index (χ3n) is 3.85. The van der Waals surface area contributed by atoms with Gasteiger partial charge >= 0.3 is 0 Å². The molecule has 1 unspecified atom stereocenters. The van der Waals surface area contributed by atoms with Gasteiger partial charge in [0.15, 0.2) is 0 Å². The zero-order chi connectivity index (χ0) is 14.3. The zero-order valence-corrected chi connectivity index (χ0v) is 13.5. The summed E-state index contributed by atoms with van der Waals surface area (Å²) in [7, 11) is 0. The number of hydrogen-bond acceptors (Lipinski definition) is 2. The first kappa shape index (κ1) is 14.2. The Kier molecular flexibility index (Phi) is 3.93. The lowest BCUT2D eigenvalue weighted by molar-refractivity contribution is 0.0641. The van der Waals surface area contributed by atoms with Crippen molar-refractivity contribution in [1.29, 1.82) is 0 Å². The van der Waals surface area contributed by atoms with Crippen molar-refractivity contribution in [1.82, 2.24) is 4.90 Å². The molecule has 5 heteroatoms. The zero-order valence-electron chi connectivity index (χ0n) is 11.2. The molecule has 0 aliphatic carbocycles. The number of nitrogens with zero attached hydrogens (tertiary/aromatic N) is 1. The van der Waals surface area contributed by atoms with Crippen LogP contribution in [0.4, 0.5) is 0 Å². The molecule has 1 aromatic carbocycles. The van der Waals surface area contributed by atoms with Crippen LogP contribution in [0.15, 0.2) is 18.2 Å². The van der Waals surface area contributed by atoms with Crippen molar-refractivity contribution in [2.24, 2.45) is 0 Å². The Hall–Kier alpha value is -0.770. The standard InChI is InChI=1S/C15H15Cl2NOS/c1-9-4-2-3-7-18(9)15(19)14-13(17)11-6-5-10(16)8-12(11)20-14/h5-6,8-9H,2-4,7H2,1H3. The van der Waals surface area contributed by atoms with E-state index in [0.29, 0.717) is 21.0 Å². The highest BCUT2D eigenvalue weighted by Crippen LogP contribution is 2.38. The van der Waals surface area contributed by atoms with Crippen molar-refractivity contribution in [3.05, 3.63) is 33.1 Å². The van der Waals surface area contributed by atoms with Crippen LogP contribution in [0, 0.1) is 0 Å². The van der Waals surface area contributed by atoms with Crippen LogP contribution in [0.5, 0.6) is 0 Å². The van der Waals surface area contributed by atoms with E-state index in [1.807, 2.05) is 17.0 Å². The maximum absolute atomic E-state index is 12.7. The summed E-state index contributed by atoms with van der Waals surface area (Å²) in [6.07, 6.45) is 3.34. The summed E-state index contributed by atoms with van der Waals surface area (Å²) < 4.78 is 0.968. The molecule has 0 radical (unpaired) electrons. The molecular formula is C15H15Cl2NOS. The van der Waals surface area contributed by atoms with E-state index < -0.39 is 0 Å². The minimum absolute atomic E-state index is 0.0551. The number of likely N-dealkylation sites (tertiary alicyclic amines) is 1. The molecule has 0 N–H and O–H groups in total. The Labute approximate surface area is 132 Å². The molecule has 1 aliphatic rings. The fourth-order valence-electron chi connectivity index (χ4n) is 2.71. The predicted molar refractivity (Wildman–Crippen MR) is 86.2 cm³/mol. The summed E-state index contributed by atoms with van der Waals surface area (Å²) in [4.78, 5) is 15.3. The summed E-state index contributed by atoms with van der Waals surface area (Å²) in [5, 5.41) is 2.14. The van der Waals surface area contributed by atoms with Crippen LogP contribution in [0.3, 0.4) is 0 Å². The molecule has 106 valence electrons. The van der Waals surface area contributed by atoms with E-state index in [2.05, 4.69) is 6.92 Å². The molecule has 0 bridgehead atoms. The van der Waals surface area contributed by atoms with Crippen molar-refractivity contribution in [3.8, 4) is 0 Å². The predicted octanol–water partition coefficient (Wildman–Crippen LogP) is 5.22. The van der Waals surface area contributed by atoms with Gasteiger partial charge in [-0.05, 0) is 38.3 Å². The average Bonchev–Trinajstić information content (AvgIpc) is 2.75. The van der Waals surface area contributed by atoms with E-state index in [9.17, 15) is 4.79 Å². The van der Waals surface area contributed by atoms with Gasteiger partial charge in [0.05, 0.1) is 5.02 Å². The lowest BCUT2D eigenvalue weighted by Crippen LogP contribution is -2.41. The first-order chi connectivity index (χ1) is 9.58. The van der Waals surface area contributed by atoms with E-state index in [1.165, 1.54) is 17.8 Å². The lowest BCUT2D eigenvalue weighted by atomic mass is 10.0. The number of halogens is 2. The van der Waals surface area contributed by atoms with Gasteiger partial charge < -0.3 is 4.90 Å². The number of hydrogen-bond donors (Lipinski definition) is 0. The van der Waals surface area contributed by atoms with Crippen LogP contribution in [-0.2, 0) is 0 Å². The molecule has 1 amide bonds. The summed E-state index contributed by atoms with van der Waals surface area (Å²) in [6, 6.07) is 5.85. The minimum Gasteiger partial charge on any atom is -0.335 e. The van der Waals surface area contributed by atoms with Crippen molar-refractivity contribution in [2.75, 3.05) is 6.54 Å². The summed E-state index contributed by atoms with van der Waals surface area (Å²) >= 11 is 13.8. The van der Waals surface area contributed by atoms with Crippen LogP contribution in [0.1, 0.15) is 35.9 Å².